The molecule has 1 spiro atoms. The van der Waals surface area contributed by atoms with Gasteiger partial charge in [0.05, 0.1) is 5.60 Å². The number of ether oxygens (including phenoxy) is 1. The number of rotatable bonds is 2. The maximum atomic E-state index is 13.0. The summed E-state index contributed by atoms with van der Waals surface area (Å²) in [4.78, 5) is 0. The quantitative estimate of drug-likeness (QED) is 0.888. The van der Waals surface area contributed by atoms with Crippen molar-refractivity contribution >= 4 is 0 Å². The van der Waals surface area contributed by atoms with E-state index in [0.717, 1.165) is 25.0 Å². The molecule has 1 aromatic rings. The molecule has 0 amide bonds. The summed E-state index contributed by atoms with van der Waals surface area (Å²) in [6.07, 6.45) is 8.32. The second-order valence-electron chi connectivity index (χ2n) is 6.42. The molecule has 1 aliphatic heterocycles. The van der Waals surface area contributed by atoms with Crippen LogP contribution in [0, 0.1) is 11.7 Å². The van der Waals surface area contributed by atoms with Crippen molar-refractivity contribution < 1.29 is 9.13 Å². The summed E-state index contributed by atoms with van der Waals surface area (Å²) in [5.74, 6) is 0.254. The standard InChI is InChI=1S/C17H24FNO/c18-15-6-4-13(5-7-15)16(19)14-8-11-20-17(12-14)9-2-1-3-10-17/h4-7,14,16H,1-3,8-12,19H2. The minimum Gasteiger partial charge on any atom is -0.375 e. The SMILES string of the molecule is NC(c1ccc(F)cc1)C1CCOC2(CCCCC2)C1. The number of hydrogen-bond donors (Lipinski definition) is 1. The highest BCUT2D eigenvalue weighted by Crippen LogP contribution is 2.43. The highest BCUT2D eigenvalue weighted by Gasteiger charge is 2.40. The van der Waals surface area contributed by atoms with E-state index in [1.165, 1.54) is 44.2 Å². The van der Waals surface area contributed by atoms with Gasteiger partial charge in [0.15, 0.2) is 0 Å². The molecule has 3 rings (SSSR count). The Balaban J connectivity index is 1.71. The molecule has 2 unspecified atom stereocenters. The van der Waals surface area contributed by atoms with Crippen molar-refractivity contribution in [3.63, 3.8) is 0 Å². The largest absolute Gasteiger partial charge is 0.375 e. The lowest BCUT2D eigenvalue weighted by molar-refractivity contribution is -0.120. The lowest BCUT2D eigenvalue weighted by Gasteiger charge is -2.45. The molecule has 1 heterocycles. The third-order valence-corrected chi connectivity index (χ3v) is 5.06. The highest BCUT2D eigenvalue weighted by molar-refractivity contribution is 5.20. The first-order valence-electron chi connectivity index (χ1n) is 7.84. The van der Waals surface area contributed by atoms with Gasteiger partial charge in [0.25, 0.3) is 0 Å². The zero-order valence-corrected chi connectivity index (χ0v) is 12.0. The summed E-state index contributed by atoms with van der Waals surface area (Å²) >= 11 is 0. The topological polar surface area (TPSA) is 35.2 Å². The van der Waals surface area contributed by atoms with Gasteiger partial charge in [0.1, 0.15) is 5.82 Å². The van der Waals surface area contributed by atoms with Crippen LogP contribution in [0.5, 0.6) is 0 Å². The Morgan fingerprint density at radius 1 is 1.15 bits per heavy atom. The predicted octanol–water partition coefficient (Wildman–Crippen LogP) is 3.96. The van der Waals surface area contributed by atoms with Gasteiger partial charge in [-0.15, -0.1) is 0 Å². The first kappa shape index (κ1) is 14.0. The van der Waals surface area contributed by atoms with Gasteiger partial charge >= 0.3 is 0 Å². The van der Waals surface area contributed by atoms with E-state index in [1.54, 1.807) is 0 Å². The van der Waals surface area contributed by atoms with Crippen LogP contribution in [-0.4, -0.2) is 12.2 Å². The second-order valence-corrected chi connectivity index (χ2v) is 6.42. The van der Waals surface area contributed by atoms with Crippen molar-refractivity contribution in [1.82, 2.24) is 0 Å². The molecule has 1 saturated heterocycles. The van der Waals surface area contributed by atoms with Crippen molar-refractivity contribution in [3.05, 3.63) is 35.6 Å². The summed E-state index contributed by atoms with van der Waals surface area (Å²) in [5.41, 5.74) is 7.56. The second kappa shape index (κ2) is 5.82. The average Bonchev–Trinajstić information content (AvgIpc) is 2.48. The Hall–Kier alpha value is -0.930. The van der Waals surface area contributed by atoms with Crippen LogP contribution in [0.3, 0.4) is 0 Å². The molecule has 2 fully saturated rings. The van der Waals surface area contributed by atoms with Crippen molar-refractivity contribution in [2.75, 3.05) is 6.61 Å². The smallest absolute Gasteiger partial charge is 0.123 e. The fraction of sp³-hybridized carbons (Fsp3) is 0.647. The van der Waals surface area contributed by atoms with Gasteiger partial charge in [-0.2, -0.15) is 0 Å². The average molecular weight is 277 g/mol. The van der Waals surface area contributed by atoms with Gasteiger partial charge in [-0.1, -0.05) is 31.4 Å². The van der Waals surface area contributed by atoms with Crippen LogP contribution in [0.2, 0.25) is 0 Å². The molecule has 2 nitrogen and oxygen atoms in total. The Labute approximate surface area is 120 Å². The zero-order chi connectivity index (χ0) is 14.0. The molecule has 2 aliphatic rings. The molecule has 0 radical (unpaired) electrons. The van der Waals surface area contributed by atoms with E-state index in [1.807, 2.05) is 12.1 Å². The number of hydrogen-bond acceptors (Lipinski definition) is 2. The molecule has 110 valence electrons. The minimum absolute atomic E-state index is 0.00157. The molecule has 3 heteroatoms. The number of benzene rings is 1. The fourth-order valence-electron chi connectivity index (χ4n) is 3.87. The van der Waals surface area contributed by atoms with E-state index in [4.69, 9.17) is 10.5 Å². The Kier molecular flexibility index (Phi) is 4.08. The fourth-order valence-corrected chi connectivity index (χ4v) is 3.87. The van der Waals surface area contributed by atoms with Crippen LogP contribution in [0.15, 0.2) is 24.3 Å². The Bertz CT molecular complexity index is 433. The van der Waals surface area contributed by atoms with E-state index in [2.05, 4.69) is 0 Å². The van der Waals surface area contributed by atoms with E-state index in [0.29, 0.717) is 5.92 Å². The van der Waals surface area contributed by atoms with Crippen molar-refractivity contribution in [2.45, 2.75) is 56.6 Å². The number of halogens is 1. The summed E-state index contributed by atoms with van der Waals surface area (Å²) in [7, 11) is 0. The van der Waals surface area contributed by atoms with Crippen LogP contribution in [-0.2, 0) is 4.74 Å². The zero-order valence-electron chi connectivity index (χ0n) is 12.0. The normalized spacial score (nSPS) is 27.4. The van der Waals surface area contributed by atoms with Crippen molar-refractivity contribution in [2.24, 2.45) is 11.7 Å². The molecular weight excluding hydrogens is 253 g/mol. The lowest BCUT2D eigenvalue weighted by Crippen LogP contribution is -2.44. The maximum absolute atomic E-state index is 13.0. The molecule has 2 N–H and O–H groups in total. The maximum Gasteiger partial charge on any atom is 0.123 e. The molecule has 2 atom stereocenters. The third kappa shape index (κ3) is 2.89. The van der Waals surface area contributed by atoms with Crippen molar-refractivity contribution in [1.29, 1.82) is 0 Å². The summed E-state index contributed by atoms with van der Waals surface area (Å²) in [6, 6.07) is 6.65. The van der Waals surface area contributed by atoms with Crippen molar-refractivity contribution in [3.8, 4) is 0 Å². The van der Waals surface area contributed by atoms with E-state index >= 15 is 0 Å². The van der Waals surface area contributed by atoms with Gasteiger partial charge < -0.3 is 10.5 Å². The van der Waals surface area contributed by atoms with Crippen LogP contribution < -0.4 is 5.73 Å². The molecule has 1 aromatic carbocycles. The third-order valence-electron chi connectivity index (χ3n) is 5.06. The van der Waals surface area contributed by atoms with Crippen LogP contribution in [0.4, 0.5) is 4.39 Å². The summed E-state index contributed by atoms with van der Waals surface area (Å²) < 4.78 is 19.1. The molecule has 0 bridgehead atoms. The summed E-state index contributed by atoms with van der Waals surface area (Å²) in [6.45, 7) is 0.819. The minimum atomic E-state index is -0.198. The van der Waals surface area contributed by atoms with Crippen LogP contribution >= 0.6 is 0 Å². The molecule has 1 saturated carbocycles. The Morgan fingerprint density at radius 2 is 1.85 bits per heavy atom. The van der Waals surface area contributed by atoms with E-state index in [-0.39, 0.29) is 17.5 Å². The predicted molar refractivity (Wildman–Crippen MR) is 77.8 cm³/mol. The Morgan fingerprint density at radius 3 is 2.55 bits per heavy atom. The molecule has 20 heavy (non-hydrogen) atoms. The van der Waals surface area contributed by atoms with Gasteiger partial charge in [-0.05, 0) is 49.3 Å². The van der Waals surface area contributed by atoms with E-state index in [9.17, 15) is 4.39 Å². The summed E-state index contributed by atoms with van der Waals surface area (Å²) in [5, 5.41) is 0. The molecule has 1 aliphatic carbocycles. The first-order valence-corrected chi connectivity index (χ1v) is 7.84. The monoisotopic (exact) mass is 277 g/mol. The van der Waals surface area contributed by atoms with Crippen LogP contribution in [0.25, 0.3) is 0 Å². The van der Waals surface area contributed by atoms with Gasteiger partial charge in [-0.25, -0.2) is 4.39 Å². The van der Waals surface area contributed by atoms with Gasteiger partial charge in [0.2, 0.25) is 0 Å². The first-order chi connectivity index (χ1) is 9.69. The number of nitrogens with two attached hydrogens (primary N) is 1. The molecular formula is C17H24FNO. The highest BCUT2D eigenvalue weighted by atomic mass is 19.1. The van der Waals surface area contributed by atoms with Crippen LogP contribution in [0.1, 0.15) is 56.6 Å². The van der Waals surface area contributed by atoms with Gasteiger partial charge in [-0.3, -0.25) is 0 Å². The lowest BCUT2D eigenvalue weighted by atomic mass is 9.73. The van der Waals surface area contributed by atoms with Gasteiger partial charge in [0, 0.05) is 12.6 Å². The van der Waals surface area contributed by atoms with E-state index < -0.39 is 0 Å². The molecule has 0 aromatic heterocycles.